The van der Waals surface area contributed by atoms with Crippen molar-refractivity contribution in [2.24, 2.45) is 5.92 Å². The zero-order valence-electron chi connectivity index (χ0n) is 18.0. The topological polar surface area (TPSA) is 106 Å². The van der Waals surface area contributed by atoms with Gasteiger partial charge in [0.1, 0.15) is 0 Å². The highest BCUT2D eigenvalue weighted by Crippen LogP contribution is 2.18. The van der Waals surface area contributed by atoms with E-state index in [9.17, 15) is 14.9 Å². The molecule has 0 radical (unpaired) electrons. The molecule has 1 saturated heterocycles. The van der Waals surface area contributed by atoms with E-state index >= 15 is 0 Å². The third kappa shape index (κ3) is 5.36. The zero-order valence-corrected chi connectivity index (χ0v) is 18.0. The largest absolute Gasteiger partial charge is 0.347 e. The second-order valence-electron chi connectivity index (χ2n) is 8.31. The van der Waals surface area contributed by atoms with Crippen LogP contribution in [0.15, 0.2) is 54.7 Å². The Labute approximate surface area is 186 Å². The average molecular weight is 435 g/mol. The molecule has 166 valence electrons. The van der Waals surface area contributed by atoms with Crippen LogP contribution >= 0.6 is 0 Å². The number of likely N-dealkylation sites (tertiary alicyclic amines) is 1. The summed E-state index contributed by atoms with van der Waals surface area (Å²) in [7, 11) is 0. The van der Waals surface area contributed by atoms with Crippen LogP contribution in [0.5, 0.6) is 0 Å². The molecular formula is C23H26N6O3. The van der Waals surface area contributed by atoms with E-state index in [1.165, 1.54) is 41.4 Å². The number of piperidine rings is 1. The van der Waals surface area contributed by atoms with Crippen molar-refractivity contribution in [2.45, 2.75) is 32.9 Å². The summed E-state index contributed by atoms with van der Waals surface area (Å²) in [5, 5.41) is 21.6. The minimum Gasteiger partial charge on any atom is -0.347 e. The van der Waals surface area contributed by atoms with Gasteiger partial charge in [-0.1, -0.05) is 42.5 Å². The van der Waals surface area contributed by atoms with Gasteiger partial charge in [-0.25, -0.2) is 4.68 Å². The van der Waals surface area contributed by atoms with Crippen molar-refractivity contribution in [1.82, 2.24) is 25.2 Å². The first-order valence-electron chi connectivity index (χ1n) is 10.7. The average Bonchev–Trinajstić information content (AvgIpc) is 3.29. The van der Waals surface area contributed by atoms with E-state index in [0.717, 1.165) is 31.1 Å². The molecule has 1 unspecified atom stereocenters. The van der Waals surface area contributed by atoms with E-state index in [1.807, 2.05) is 12.1 Å². The molecular weight excluding hydrogens is 408 g/mol. The van der Waals surface area contributed by atoms with Crippen LogP contribution in [0, 0.1) is 16.0 Å². The number of nitro benzene ring substituents is 1. The van der Waals surface area contributed by atoms with Crippen molar-refractivity contribution in [3.8, 4) is 5.69 Å². The molecule has 2 heterocycles. The molecule has 1 aliphatic rings. The normalized spacial score (nSPS) is 16.6. The number of nitrogens with one attached hydrogen (secondary N) is 1. The highest BCUT2D eigenvalue weighted by molar-refractivity contribution is 5.91. The molecule has 4 rings (SSSR count). The summed E-state index contributed by atoms with van der Waals surface area (Å²) in [6, 6.07) is 14.3. The van der Waals surface area contributed by atoms with Crippen LogP contribution in [0.25, 0.3) is 5.69 Å². The second-order valence-corrected chi connectivity index (χ2v) is 8.31. The molecule has 0 aliphatic carbocycles. The number of amides is 1. The lowest BCUT2D eigenvalue weighted by Gasteiger charge is -2.30. The van der Waals surface area contributed by atoms with Crippen LogP contribution in [-0.2, 0) is 13.1 Å². The maximum absolute atomic E-state index is 12.5. The highest BCUT2D eigenvalue weighted by Gasteiger charge is 2.16. The van der Waals surface area contributed by atoms with Crippen molar-refractivity contribution < 1.29 is 9.72 Å². The van der Waals surface area contributed by atoms with Gasteiger partial charge in [-0.3, -0.25) is 19.8 Å². The van der Waals surface area contributed by atoms with Gasteiger partial charge in [0.25, 0.3) is 11.6 Å². The van der Waals surface area contributed by atoms with Gasteiger partial charge in [-0.2, -0.15) is 0 Å². The standard InChI is InChI=1S/C23H26N6O3/c1-17-4-3-11-27(14-17)15-19-9-7-18(8-10-19)13-24-23(30)22-16-28(26-25-22)20-5-2-6-21(12-20)29(31)32/h2,5-10,12,16-17H,3-4,11,13-15H2,1H3,(H,24,30). The monoisotopic (exact) mass is 434 g/mol. The third-order valence-electron chi connectivity index (χ3n) is 5.65. The summed E-state index contributed by atoms with van der Waals surface area (Å²) in [6.07, 6.45) is 4.03. The van der Waals surface area contributed by atoms with Crippen molar-refractivity contribution in [2.75, 3.05) is 13.1 Å². The van der Waals surface area contributed by atoms with Gasteiger partial charge in [0.05, 0.1) is 16.8 Å². The number of hydrogen-bond donors (Lipinski definition) is 1. The van der Waals surface area contributed by atoms with Gasteiger partial charge >= 0.3 is 0 Å². The first-order valence-corrected chi connectivity index (χ1v) is 10.7. The van der Waals surface area contributed by atoms with E-state index < -0.39 is 4.92 Å². The Bertz CT molecular complexity index is 1100. The fraction of sp³-hybridized carbons (Fsp3) is 0.348. The molecule has 2 aromatic carbocycles. The molecule has 1 aromatic heterocycles. The van der Waals surface area contributed by atoms with Gasteiger partial charge in [-0.05, 0) is 42.5 Å². The number of nitrogens with zero attached hydrogens (tertiary/aromatic N) is 5. The SMILES string of the molecule is CC1CCCN(Cc2ccc(CNC(=O)c3cn(-c4cccc([N+](=O)[O-])c4)nn3)cc2)C1. The van der Waals surface area contributed by atoms with E-state index in [0.29, 0.717) is 12.2 Å². The van der Waals surface area contributed by atoms with Crippen molar-refractivity contribution in [3.05, 3.63) is 81.7 Å². The Kier molecular flexibility index (Phi) is 6.55. The summed E-state index contributed by atoms with van der Waals surface area (Å²) >= 11 is 0. The summed E-state index contributed by atoms with van der Waals surface area (Å²) in [5.41, 5.74) is 2.83. The lowest BCUT2D eigenvalue weighted by Crippen LogP contribution is -2.33. The molecule has 9 heteroatoms. The van der Waals surface area contributed by atoms with Crippen molar-refractivity contribution >= 4 is 11.6 Å². The number of rotatable bonds is 7. The second kappa shape index (κ2) is 9.69. The quantitative estimate of drug-likeness (QED) is 0.452. The number of carbonyl (C=O) groups is 1. The number of nitro groups is 1. The van der Waals surface area contributed by atoms with Crippen LogP contribution in [0.1, 0.15) is 41.4 Å². The van der Waals surface area contributed by atoms with Gasteiger partial charge in [-0.15, -0.1) is 5.10 Å². The predicted octanol–water partition coefficient (Wildman–Crippen LogP) is 3.34. The molecule has 1 atom stereocenters. The summed E-state index contributed by atoms with van der Waals surface area (Å²) in [4.78, 5) is 25.4. The van der Waals surface area contributed by atoms with Crippen molar-refractivity contribution in [1.29, 1.82) is 0 Å². The first kappa shape index (κ1) is 21.6. The molecule has 0 spiro atoms. The fourth-order valence-electron chi connectivity index (χ4n) is 3.97. The predicted molar refractivity (Wildman–Crippen MR) is 119 cm³/mol. The van der Waals surface area contributed by atoms with E-state index in [-0.39, 0.29) is 17.3 Å². The molecule has 3 aromatic rings. The van der Waals surface area contributed by atoms with Gasteiger partial charge in [0, 0.05) is 31.8 Å². The first-order chi connectivity index (χ1) is 15.5. The number of non-ortho nitro benzene ring substituents is 1. The molecule has 1 amide bonds. The maximum atomic E-state index is 12.5. The van der Waals surface area contributed by atoms with Gasteiger partial charge < -0.3 is 5.32 Å². The molecule has 1 aliphatic heterocycles. The highest BCUT2D eigenvalue weighted by atomic mass is 16.6. The van der Waals surface area contributed by atoms with Crippen LogP contribution in [0.3, 0.4) is 0 Å². The van der Waals surface area contributed by atoms with Crippen LogP contribution in [0.2, 0.25) is 0 Å². The Morgan fingerprint density at radius 3 is 2.75 bits per heavy atom. The Balaban J connectivity index is 1.32. The molecule has 0 bridgehead atoms. The smallest absolute Gasteiger partial charge is 0.273 e. The van der Waals surface area contributed by atoms with Gasteiger partial charge in [0.2, 0.25) is 0 Å². The summed E-state index contributed by atoms with van der Waals surface area (Å²) in [6.45, 7) is 5.94. The minimum atomic E-state index is -0.480. The molecule has 0 saturated carbocycles. The summed E-state index contributed by atoms with van der Waals surface area (Å²) < 4.78 is 1.35. The maximum Gasteiger partial charge on any atom is 0.273 e. The van der Waals surface area contributed by atoms with E-state index in [1.54, 1.807) is 12.1 Å². The summed E-state index contributed by atoms with van der Waals surface area (Å²) in [5.74, 6) is 0.404. The molecule has 1 N–H and O–H groups in total. The van der Waals surface area contributed by atoms with Crippen LogP contribution in [-0.4, -0.2) is 43.8 Å². The minimum absolute atomic E-state index is 0.0535. The number of hydrogen-bond acceptors (Lipinski definition) is 6. The Morgan fingerprint density at radius 1 is 1.22 bits per heavy atom. The molecule has 9 nitrogen and oxygen atoms in total. The lowest BCUT2D eigenvalue weighted by atomic mass is 9.99. The zero-order chi connectivity index (χ0) is 22.5. The van der Waals surface area contributed by atoms with E-state index in [2.05, 4.69) is 39.6 Å². The van der Waals surface area contributed by atoms with Crippen LogP contribution < -0.4 is 5.32 Å². The van der Waals surface area contributed by atoms with Crippen molar-refractivity contribution in [3.63, 3.8) is 0 Å². The van der Waals surface area contributed by atoms with E-state index in [4.69, 9.17) is 0 Å². The van der Waals surface area contributed by atoms with Gasteiger partial charge in [0.15, 0.2) is 5.69 Å². The van der Waals surface area contributed by atoms with Crippen LogP contribution in [0.4, 0.5) is 5.69 Å². The fourth-order valence-corrected chi connectivity index (χ4v) is 3.97. The molecule has 1 fully saturated rings. The third-order valence-corrected chi connectivity index (χ3v) is 5.65. The Morgan fingerprint density at radius 2 is 2.00 bits per heavy atom. The molecule has 32 heavy (non-hydrogen) atoms. The Hall–Kier alpha value is -3.59. The number of carbonyl (C=O) groups excluding carboxylic acids is 1. The number of aromatic nitrogens is 3. The number of benzene rings is 2. The lowest BCUT2D eigenvalue weighted by molar-refractivity contribution is -0.384.